The van der Waals surface area contributed by atoms with Crippen molar-refractivity contribution in [3.05, 3.63) is 73.1 Å². The fourth-order valence-electron chi connectivity index (χ4n) is 4.46. The van der Waals surface area contributed by atoms with E-state index in [0.717, 1.165) is 49.7 Å². The topological polar surface area (TPSA) is 58.9 Å². The summed E-state index contributed by atoms with van der Waals surface area (Å²) in [6.45, 7) is 0. The van der Waals surface area contributed by atoms with Gasteiger partial charge in [0.15, 0.2) is 5.65 Å². The lowest BCUT2D eigenvalue weighted by molar-refractivity contribution is 1.23. The van der Waals surface area contributed by atoms with Gasteiger partial charge >= 0.3 is 0 Å². The van der Waals surface area contributed by atoms with Crippen LogP contribution in [0.3, 0.4) is 0 Å². The highest BCUT2D eigenvalue weighted by molar-refractivity contribution is 6.26. The summed E-state index contributed by atoms with van der Waals surface area (Å²) in [6, 6.07) is 20.9. The summed E-state index contributed by atoms with van der Waals surface area (Å²) in [6.07, 6.45) is 3.61. The van der Waals surface area contributed by atoms with Crippen molar-refractivity contribution < 1.29 is 0 Å². The van der Waals surface area contributed by atoms with Crippen LogP contribution in [-0.2, 0) is 0 Å². The van der Waals surface area contributed by atoms with Gasteiger partial charge in [-0.2, -0.15) is 0 Å². The second-order valence-corrected chi connectivity index (χ2v) is 7.07. The Hall–Kier alpha value is -3.99. The number of benzene rings is 2. The summed E-state index contributed by atoms with van der Waals surface area (Å²) in [5, 5.41) is 5.79. The molecule has 0 amide bonds. The first kappa shape index (κ1) is 14.1. The van der Waals surface area contributed by atoms with Crippen LogP contribution in [-0.4, -0.2) is 24.3 Å². The Bertz CT molecular complexity index is 1720. The third-order valence-corrected chi connectivity index (χ3v) is 5.62. The average molecular weight is 359 g/mol. The molecule has 0 saturated carbocycles. The van der Waals surface area contributed by atoms with Crippen molar-refractivity contribution in [2.45, 2.75) is 0 Å². The molecule has 0 unspecified atom stereocenters. The average Bonchev–Trinajstić information content (AvgIpc) is 3.32. The van der Waals surface area contributed by atoms with Crippen molar-refractivity contribution in [2.75, 3.05) is 0 Å². The Morgan fingerprint density at radius 3 is 2.46 bits per heavy atom. The molecule has 0 aliphatic heterocycles. The zero-order valence-corrected chi connectivity index (χ0v) is 14.7. The SMILES string of the molecule is c1ccc2c(c1)[nH]c1c2ccc2c1c1cccnc1n1c3cccnc3nc21. The van der Waals surface area contributed by atoms with E-state index >= 15 is 0 Å². The fourth-order valence-corrected chi connectivity index (χ4v) is 4.46. The third-order valence-electron chi connectivity index (χ3n) is 5.62. The minimum absolute atomic E-state index is 0.735. The first-order valence-corrected chi connectivity index (χ1v) is 9.23. The predicted molar refractivity (Wildman–Crippen MR) is 113 cm³/mol. The number of rotatable bonds is 0. The molecule has 0 aliphatic carbocycles. The molecule has 0 aliphatic rings. The monoisotopic (exact) mass is 359 g/mol. The van der Waals surface area contributed by atoms with Crippen LogP contribution in [0.4, 0.5) is 0 Å². The maximum Gasteiger partial charge on any atom is 0.178 e. The number of H-pyrrole nitrogens is 1. The highest BCUT2D eigenvalue weighted by atomic mass is 15.1. The Kier molecular flexibility index (Phi) is 2.44. The van der Waals surface area contributed by atoms with E-state index in [1.54, 1.807) is 6.20 Å². The molecule has 1 N–H and O–H groups in total. The lowest BCUT2D eigenvalue weighted by Gasteiger charge is -2.09. The molecular weight excluding hydrogens is 346 g/mol. The zero-order chi connectivity index (χ0) is 18.2. The van der Waals surface area contributed by atoms with Crippen LogP contribution < -0.4 is 0 Å². The second-order valence-electron chi connectivity index (χ2n) is 7.07. The number of nitrogens with zero attached hydrogens (tertiary/aromatic N) is 4. The van der Waals surface area contributed by atoms with Crippen molar-refractivity contribution in [3.8, 4) is 0 Å². The number of fused-ring (bicyclic) bond motifs is 12. The number of para-hydroxylation sites is 1. The summed E-state index contributed by atoms with van der Waals surface area (Å²) in [5.74, 6) is 0. The van der Waals surface area contributed by atoms with Crippen LogP contribution in [0.15, 0.2) is 73.1 Å². The first-order valence-electron chi connectivity index (χ1n) is 9.23. The van der Waals surface area contributed by atoms with Crippen molar-refractivity contribution in [1.29, 1.82) is 0 Å². The molecular formula is C23H13N5. The molecule has 28 heavy (non-hydrogen) atoms. The molecule has 130 valence electrons. The summed E-state index contributed by atoms with van der Waals surface area (Å²) in [7, 11) is 0. The number of nitrogens with one attached hydrogen (secondary N) is 1. The quantitative estimate of drug-likeness (QED) is 0.378. The van der Waals surface area contributed by atoms with Crippen LogP contribution in [0.25, 0.3) is 60.4 Å². The van der Waals surface area contributed by atoms with Crippen molar-refractivity contribution in [2.24, 2.45) is 0 Å². The molecule has 0 fully saturated rings. The number of pyridine rings is 3. The molecule has 5 aromatic heterocycles. The number of imidazole rings is 1. The van der Waals surface area contributed by atoms with Gasteiger partial charge in [-0.1, -0.05) is 24.3 Å². The van der Waals surface area contributed by atoms with E-state index in [1.807, 2.05) is 24.4 Å². The molecule has 2 aromatic carbocycles. The molecule has 0 radical (unpaired) electrons. The van der Waals surface area contributed by atoms with Gasteiger partial charge in [0, 0.05) is 44.8 Å². The van der Waals surface area contributed by atoms with Gasteiger partial charge in [0.25, 0.3) is 0 Å². The highest BCUT2D eigenvalue weighted by Gasteiger charge is 2.17. The Morgan fingerprint density at radius 2 is 1.46 bits per heavy atom. The number of hydrogen-bond donors (Lipinski definition) is 1. The molecule has 0 bridgehead atoms. The van der Waals surface area contributed by atoms with Gasteiger partial charge in [-0.05, 0) is 36.4 Å². The molecule has 5 nitrogen and oxygen atoms in total. The van der Waals surface area contributed by atoms with Gasteiger partial charge in [-0.25, -0.2) is 15.0 Å². The molecule has 0 atom stereocenters. The standard InChI is InChI=1S/C23H13N5/c1-2-7-17-13(5-1)14-9-10-16-19(20(14)26-17)15-6-3-12-25-22(15)28-18-8-4-11-24-21(18)27-23(16)28/h1-12,26H. The predicted octanol–water partition coefficient (Wildman–Crippen LogP) is 5.22. The fraction of sp³-hybridized carbons (Fsp3) is 0. The van der Waals surface area contributed by atoms with E-state index in [9.17, 15) is 0 Å². The lowest BCUT2D eigenvalue weighted by Crippen LogP contribution is -1.94. The normalized spacial score (nSPS) is 12.3. The van der Waals surface area contributed by atoms with Gasteiger partial charge in [0.1, 0.15) is 11.3 Å². The highest BCUT2D eigenvalue weighted by Crippen LogP contribution is 2.37. The van der Waals surface area contributed by atoms with Crippen molar-refractivity contribution in [1.82, 2.24) is 24.3 Å². The van der Waals surface area contributed by atoms with E-state index in [2.05, 4.69) is 56.8 Å². The van der Waals surface area contributed by atoms with Crippen LogP contribution >= 0.6 is 0 Å². The zero-order valence-electron chi connectivity index (χ0n) is 14.7. The summed E-state index contributed by atoms with van der Waals surface area (Å²) >= 11 is 0. The molecule has 7 rings (SSSR count). The Labute approximate surface area is 158 Å². The number of hydrogen-bond acceptors (Lipinski definition) is 3. The van der Waals surface area contributed by atoms with Crippen LogP contribution in [0.1, 0.15) is 0 Å². The largest absolute Gasteiger partial charge is 0.354 e. The van der Waals surface area contributed by atoms with Gasteiger partial charge in [-0.15, -0.1) is 0 Å². The minimum Gasteiger partial charge on any atom is -0.354 e. The molecule has 0 saturated heterocycles. The lowest BCUT2D eigenvalue weighted by atomic mass is 10.0. The smallest absolute Gasteiger partial charge is 0.178 e. The second kappa shape index (κ2) is 4.84. The number of aromatic nitrogens is 5. The number of aromatic amines is 1. The van der Waals surface area contributed by atoms with Crippen molar-refractivity contribution >= 4 is 60.4 Å². The van der Waals surface area contributed by atoms with Gasteiger partial charge in [0.2, 0.25) is 0 Å². The molecule has 7 aromatic rings. The molecule has 5 heterocycles. The molecule has 0 spiro atoms. The molecule has 5 heteroatoms. The minimum atomic E-state index is 0.735. The van der Waals surface area contributed by atoms with Crippen LogP contribution in [0.5, 0.6) is 0 Å². The van der Waals surface area contributed by atoms with Crippen molar-refractivity contribution in [3.63, 3.8) is 0 Å². The van der Waals surface area contributed by atoms with E-state index in [4.69, 9.17) is 9.97 Å². The van der Waals surface area contributed by atoms with Gasteiger partial charge in [0.05, 0.1) is 11.0 Å². The maximum absolute atomic E-state index is 4.85. The van der Waals surface area contributed by atoms with Gasteiger partial charge < -0.3 is 4.98 Å². The van der Waals surface area contributed by atoms with Gasteiger partial charge in [-0.3, -0.25) is 4.40 Å². The Balaban J connectivity index is 1.87. The van der Waals surface area contributed by atoms with E-state index in [-0.39, 0.29) is 0 Å². The summed E-state index contributed by atoms with van der Waals surface area (Å²) in [5.41, 5.74) is 5.75. The van der Waals surface area contributed by atoms with E-state index < -0.39 is 0 Å². The Morgan fingerprint density at radius 1 is 0.679 bits per heavy atom. The third kappa shape index (κ3) is 1.60. The summed E-state index contributed by atoms with van der Waals surface area (Å²) in [4.78, 5) is 17.7. The first-order chi connectivity index (χ1) is 13.9. The van der Waals surface area contributed by atoms with Crippen LogP contribution in [0, 0.1) is 0 Å². The maximum atomic E-state index is 4.85. The van der Waals surface area contributed by atoms with Crippen LogP contribution in [0.2, 0.25) is 0 Å². The van der Waals surface area contributed by atoms with E-state index in [1.165, 1.54) is 10.8 Å². The van der Waals surface area contributed by atoms with E-state index in [0.29, 0.717) is 0 Å². The summed E-state index contributed by atoms with van der Waals surface area (Å²) < 4.78 is 2.12.